The lowest BCUT2D eigenvalue weighted by Gasteiger charge is -2.38. The Morgan fingerprint density at radius 1 is 1.39 bits per heavy atom. The molecule has 23 heavy (non-hydrogen) atoms. The third kappa shape index (κ3) is 3.58. The van der Waals surface area contributed by atoms with Gasteiger partial charge in [0.05, 0.1) is 12.2 Å². The van der Waals surface area contributed by atoms with Crippen molar-refractivity contribution in [3.63, 3.8) is 0 Å². The van der Waals surface area contributed by atoms with Gasteiger partial charge in [-0.3, -0.25) is 4.79 Å². The number of aryl methyl sites for hydroxylation is 1. The molecule has 1 aromatic heterocycles. The number of aromatic nitrogens is 2. The zero-order valence-corrected chi connectivity index (χ0v) is 14.6. The van der Waals surface area contributed by atoms with Crippen LogP contribution in [0.15, 0.2) is 12.4 Å². The van der Waals surface area contributed by atoms with Gasteiger partial charge >= 0.3 is 0 Å². The van der Waals surface area contributed by atoms with Crippen LogP contribution in [0.1, 0.15) is 50.7 Å². The van der Waals surface area contributed by atoms with Crippen LogP contribution in [-0.4, -0.2) is 57.2 Å². The van der Waals surface area contributed by atoms with E-state index in [0.29, 0.717) is 11.9 Å². The van der Waals surface area contributed by atoms with Gasteiger partial charge in [0, 0.05) is 44.1 Å². The van der Waals surface area contributed by atoms with E-state index in [2.05, 4.69) is 31.1 Å². The van der Waals surface area contributed by atoms with E-state index in [1.54, 1.807) is 10.8 Å². The summed E-state index contributed by atoms with van der Waals surface area (Å²) < 4.78 is 7.94. The zero-order chi connectivity index (χ0) is 16.7. The molecule has 0 radical (unpaired) electrons. The Labute approximate surface area is 138 Å². The lowest BCUT2D eigenvalue weighted by molar-refractivity contribution is -0.0392. The highest BCUT2D eigenvalue weighted by Crippen LogP contribution is 2.36. The molecule has 1 amide bonds. The van der Waals surface area contributed by atoms with Gasteiger partial charge in [0.25, 0.3) is 5.91 Å². The quantitative estimate of drug-likeness (QED) is 0.899. The lowest BCUT2D eigenvalue weighted by Crippen LogP contribution is -2.48. The minimum atomic E-state index is -0.0542. The number of nitrogens with zero attached hydrogens (tertiary/aromatic N) is 3. The molecule has 1 N–H and O–H groups in total. The first-order chi connectivity index (χ1) is 10.8. The minimum Gasteiger partial charge on any atom is -0.373 e. The predicted molar refractivity (Wildman–Crippen MR) is 88.3 cm³/mol. The van der Waals surface area contributed by atoms with Crippen molar-refractivity contribution in [3.05, 3.63) is 18.2 Å². The first-order valence-corrected chi connectivity index (χ1v) is 8.46. The van der Waals surface area contributed by atoms with Crippen LogP contribution in [0.25, 0.3) is 0 Å². The van der Waals surface area contributed by atoms with Crippen LogP contribution in [0.2, 0.25) is 0 Å². The van der Waals surface area contributed by atoms with Crippen LogP contribution in [0, 0.1) is 0 Å². The SMILES string of the molecule is Cn1ccnc1C(=O)N1CCC2(CC1)CC(NC(C)(C)C)CO2. The van der Waals surface area contributed by atoms with E-state index in [9.17, 15) is 4.79 Å². The van der Waals surface area contributed by atoms with Crippen molar-refractivity contribution in [1.29, 1.82) is 0 Å². The summed E-state index contributed by atoms with van der Waals surface area (Å²) in [6.45, 7) is 8.82. The second-order valence-corrected chi connectivity index (χ2v) is 7.94. The average Bonchev–Trinajstić information content (AvgIpc) is 3.05. The number of amides is 1. The molecule has 2 saturated heterocycles. The Morgan fingerprint density at radius 3 is 2.65 bits per heavy atom. The van der Waals surface area contributed by atoms with Gasteiger partial charge in [-0.1, -0.05) is 0 Å². The Morgan fingerprint density at radius 2 is 2.09 bits per heavy atom. The number of hydrogen-bond donors (Lipinski definition) is 1. The fraction of sp³-hybridized carbons (Fsp3) is 0.765. The van der Waals surface area contributed by atoms with Gasteiger partial charge < -0.3 is 19.5 Å². The summed E-state index contributed by atoms with van der Waals surface area (Å²) >= 11 is 0. The maximum atomic E-state index is 12.5. The molecule has 0 saturated carbocycles. The molecular weight excluding hydrogens is 292 g/mol. The Bertz CT molecular complexity index is 567. The van der Waals surface area contributed by atoms with Crippen LogP contribution < -0.4 is 5.32 Å². The minimum absolute atomic E-state index is 0.0229. The summed E-state index contributed by atoms with van der Waals surface area (Å²) in [5, 5.41) is 3.63. The standard InChI is InChI=1S/C17H28N4O2/c1-16(2,3)19-13-11-17(23-12-13)5-8-21(9-6-17)15(22)14-18-7-10-20(14)4/h7,10,13,19H,5-6,8-9,11-12H2,1-4H3. The average molecular weight is 320 g/mol. The number of carbonyl (C=O) groups excluding carboxylic acids is 1. The highest BCUT2D eigenvalue weighted by Gasteiger charge is 2.44. The van der Waals surface area contributed by atoms with E-state index in [-0.39, 0.29) is 17.0 Å². The number of rotatable bonds is 2. The van der Waals surface area contributed by atoms with E-state index in [1.807, 2.05) is 18.1 Å². The largest absolute Gasteiger partial charge is 0.373 e. The van der Waals surface area contributed by atoms with Gasteiger partial charge in [0.2, 0.25) is 0 Å². The molecule has 0 aromatic carbocycles. The van der Waals surface area contributed by atoms with Crippen molar-refractivity contribution in [3.8, 4) is 0 Å². The summed E-state index contributed by atoms with van der Waals surface area (Å²) in [5.41, 5.74) is 0.0513. The summed E-state index contributed by atoms with van der Waals surface area (Å²) in [7, 11) is 1.86. The Hall–Kier alpha value is -1.40. The van der Waals surface area contributed by atoms with Gasteiger partial charge in [-0.15, -0.1) is 0 Å². The molecule has 0 aliphatic carbocycles. The molecule has 6 nitrogen and oxygen atoms in total. The molecule has 6 heteroatoms. The fourth-order valence-electron chi connectivity index (χ4n) is 3.73. The van der Waals surface area contributed by atoms with Crippen molar-refractivity contribution < 1.29 is 9.53 Å². The van der Waals surface area contributed by atoms with E-state index < -0.39 is 0 Å². The van der Waals surface area contributed by atoms with Gasteiger partial charge in [-0.25, -0.2) is 4.98 Å². The van der Waals surface area contributed by atoms with E-state index in [4.69, 9.17) is 4.74 Å². The van der Waals surface area contributed by atoms with Gasteiger partial charge in [0.1, 0.15) is 0 Å². The van der Waals surface area contributed by atoms with Gasteiger partial charge in [-0.05, 0) is 40.0 Å². The fourth-order valence-corrected chi connectivity index (χ4v) is 3.73. The number of piperidine rings is 1. The van der Waals surface area contributed by atoms with Crippen LogP contribution in [0.3, 0.4) is 0 Å². The molecule has 128 valence electrons. The molecule has 2 aliphatic heterocycles. The van der Waals surface area contributed by atoms with Crippen LogP contribution in [0.4, 0.5) is 0 Å². The summed E-state index contributed by atoms with van der Waals surface area (Å²) in [5.74, 6) is 0.537. The van der Waals surface area contributed by atoms with Gasteiger partial charge in [-0.2, -0.15) is 0 Å². The second-order valence-electron chi connectivity index (χ2n) is 7.94. The molecule has 1 atom stereocenters. The molecule has 2 aliphatic rings. The number of ether oxygens (including phenoxy) is 1. The Kier molecular flexibility index (Phi) is 4.23. The van der Waals surface area contributed by atoms with Crippen LogP contribution in [-0.2, 0) is 11.8 Å². The maximum Gasteiger partial charge on any atom is 0.289 e. The third-order valence-corrected chi connectivity index (χ3v) is 4.82. The van der Waals surface area contributed by atoms with Crippen molar-refractivity contribution in [1.82, 2.24) is 19.8 Å². The van der Waals surface area contributed by atoms with E-state index in [1.165, 1.54) is 0 Å². The normalized spacial score (nSPS) is 24.3. The number of carbonyl (C=O) groups is 1. The Balaban J connectivity index is 1.57. The molecule has 3 rings (SSSR count). The topological polar surface area (TPSA) is 59.4 Å². The second kappa shape index (κ2) is 5.91. The highest BCUT2D eigenvalue weighted by atomic mass is 16.5. The smallest absolute Gasteiger partial charge is 0.289 e. The lowest BCUT2D eigenvalue weighted by atomic mass is 9.87. The number of likely N-dealkylation sites (tertiary alicyclic amines) is 1. The van der Waals surface area contributed by atoms with Crippen molar-refractivity contribution in [2.24, 2.45) is 7.05 Å². The number of hydrogen-bond acceptors (Lipinski definition) is 4. The molecule has 2 fully saturated rings. The van der Waals surface area contributed by atoms with Gasteiger partial charge in [0.15, 0.2) is 5.82 Å². The highest BCUT2D eigenvalue weighted by molar-refractivity contribution is 5.90. The molecule has 3 heterocycles. The molecular formula is C17H28N4O2. The van der Waals surface area contributed by atoms with Crippen LogP contribution >= 0.6 is 0 Å². The monoisotopic (exact) mass is 320 g/mol. The van der Waals surface area contributed by atoms with E-state index in [0.717, 1.165) is 39.0 Å². The molecule has 0 bridgehead atoms. The predicted octanol–water partition coefficient (Wildman–Crippen LogP) is 1.57. The van der Waals surface area contributed by atoms with E-state index >= 15 is 0 Å². The molecule has 1 aromatic rings. The number of imidazole rings is 1. The van der Waals surface area contributed by atoms with Crippen molar-refractivity contribution >= 4 is 5.91 Å². The maximum absolute atomic E-state index is 12.5. The summed E-state index contributed by atoms with van der Waals surface area (Å²) in [6.07, 6.45) is 6.33. The van der Waals surface area contributed by atoms with Crippen LogP contribution in [0.5, 0.6) is 0 Å². The van der Waals surface area contributed by atoms with Crippen molar-refractivity contribution in [2.45, 2.75) is 57.2 Å². The number of nitrogens with one attached hydrogen (secondary N) is 1. The summed E-state index contributed by atoms with van der Waals surface area (Å²) in [6, 6.07) is 0.409. The first-order valence-electron chi connectivity index (χ1n) is 8.46. The zero-order valence-electron chi connectivity index (χ0n) is 14.6. The first kappa shape index (κ1) is 16.5. The summed E-state index contributed by atoms with van der Waals surface area (Å²) in [4.78, 5) is 18.6. The van der Waals surface area contributed by atoms with Crippen molar-refractivity contribution in [2.75, 3.05) is 19.7 Å². The molecule has 1 spiro atoms. The molecule has 1 unspecified atom stereocenters. The third-order valence-electron chi connectivity index (χ3n) is 4.82.